The van der Waals surface area contributed by atoms with Gasteiger partial charge in [-0.3, -0.25) is 9.78 Å². The number of carbonyl (C=O) groups is 2. The Bertz CT molecular complexity index is 373. The summed E-state index contributed by atoms with van der Waals surface area (Å²) in [5.74, 6) is -0.117. The van der Waals surface area contributed by atoms with E-state index in [1.807, 2.05) is 12.1 Å². The van der Waals surface area contributed by atoms with Crippen LogP contribution < -0.4 is 0 Å². The Balaban J connectivity index is 2.31. The molecule has 1 aromatic heterocycles. The molecule has 14 heavy (non-hydrogen) atoms. The van der Waals surface area contributed by atoms with Crippen LogP contribution in [-0.4, -0.2) is 17.1 Å². The van der Waals surface area contributed by atoms with Gasteiger partial charge < -0.3 is 4.79 Å². The van der Waals surface area contributed by atoms with Gasteiger partial charge in [0.05, 0.1) is 0 Å². The molecule has 0 saturated carbocycles. The van der Waals surface area contributed by atoms with E-state index in [4.69, 9.17) is 0 Å². The number of rotatable bonds is 2. The molecule has 3 nitrogen and oxygen atoms in total. The van der Waals surface area contributed by atoms with Crippen LogP contribution in [0.15, 0.2) is 18.3 Å². The number of pyridine rings is 1. The molecule has 0 saturated heterocycles. The summed E-state index contributed by atoms with van der Waals surface area (Å²) < 4.78 is 0. The summed E-state index contributed by atoms with van der Waals surface area (Å²) >= 11 is 0. The van der Waals surface area contributed by atoms with E-state index in [1.54, 1.807) is 6.20 Å². The number of aryl methyl sites for hydroxylation is 1. The summed E-state index contributed by atoms with van der Waals surface area (Å²) in [6.07, 6.45) is 4.40. The summed E-state index contributed by atoms with van der Waals surface area (Å²) in [6, 6.07) is 3.77. The zero-order valence-electron chi connectivity index (χ0n) is 7.77. The van der Waals surface area contributed by atoms with Crippen LogP contribution in [0.2, 0.25) is 0 Å². The molecule has 1 unspecified atom stereocenters. The molecule has 0 spiro atoms. The number of Topliss-reactive ketones (excluding diaryl/α,β-unsaturated/α-hetero) is 1. The number of ketones is 1. The topological polar surface area (TPSA) is 47.0 Å². The predicted octanol–water partition coefficient (Wildman–Crippen LogP) is 1.42. The molecule has 0 aliphatic heterocycles. The maximum Gasteiger partial charge on any atom is 0.184 e. The molecule has 0 N–H and O–H groups in total. The first-order valence-electron chi connectivity index (χ1n) is 4.74. The lowest BCUT2D eigenvalue weighted by molar-refractivity contribution is -0.108. The van der Waals surface area contributed by atoms with E-state index in [-0.39, 0.29) is 11.7 Å². The molecule has 72 valence electrons. The van der Waals surface area contributed by atoms with E-state index >= 15 is 0 Å². The molecule has 2 rings (SSSR count). The minimum Gasteiger partial charge on any atom is -0.303 e. The predicted molar refractivity (Wildman–Crippen MR) is 51.1 cm³/mol. The number of hydrogen-bond acceptors (Lipinski definition) is 3. The number of fused-ring (bicyclic) bond motifs is 1. The van der Waals surface area contributed by atoms with Gasteiger partial charge in [0, 0.05) is 18.5 Å². The lowest BCUT2D eigenvalue weighted by Crippen LogP contribution is -2.24. The quantitative estimate of drug-likeness (QED) is 0.661. The number of aromatic nitrogens is 1. The normalized spacial score (nSPS) is 20.3. The number of aldehydes is 1. The summed E-state index contributed by atoms with van der Waals surface area (Å²) in [6.45, 7) is 0. The molecule has 1 heterocycles. The van der Waals surface area contributed by atoms with E-state index in [9.17, 15) is 9.59 Å². The van der Waals surface area contributed by atoms with Gasteiger partial charge in [0.2, 0.25) is 0 Å². The van der Waals surface area contributed by atoms with Crippen molar-refractivity contribution in [2.75, 3.05) is 0 Å². The van der Waals surface area contributed by atoms with Gasteiger partial charge in [-0.05, 0) is 24.5 Å². The van der Waals surface area contributed by atoms with Gasteiger partial charge in [-0.15, -0.1) is 0 Å². The molecular formula is C11H11NO2. The SMILES string of the molecule is O=CCC1CCc2cccnc2C1=O. The van der Waals surface area contributed by atoms with Gasteiger partial charge in [-0.2, -0.15) is 0 Å². The highest BCUT2D eigenvalue weighted by molar-refractivity contribution is 5.99. The molecule has 0 amide bonds. The van der Waals surface area contributed by atoms with Gasteiger partial charge in [0.1, 0.15) is 12.0 Å². The van der Waals surface area contributed by atoms with Crippen molar-refractivity contribution in [1.82, 2.24) is 4.98 Å². The summed E-state index contributed by atoms with van der Waals surface area (Å²) in [5.41, 5.74) is 1.57. The van der Waals surface area contributed by atoms with Crippen LogP contribution in [0.3, 0.4) is 0 Å². The number of carbonyl (C=O) groups excluding carboxylic acids is 2. The molecule has 0 radical (unpaired) electrons. The molecule has 0 bridgehead atoms. The summed E-state index contributed by atoms with van der Waals surface area (Å²) in [7, 11) is 0. The third kappa shape index (κ3) is 1.45. The molecule has 1 aliphatic carbocycles. The molecular weight excluding hydrogens is 178 g/mol. The van der Waals surface area contributed by atoms with Crippen molar-refractivity contribution in [3.8, 4) is 0 Å². The zero-order chi connectivity index (χ0) is 9.97. The Kier molecular flexibility index (Phi) is 2.39. The summed E-state index contributed by atoms with van der Waals surface area (Å²) in [5, 5.41) is 0. The second-order valence-corrected chi connectivity index (χ2v) is 3.51. The largest absolute Gasteiger partial charge is 0.303 e. The Morgan fingerprint density at radius 3 is 3.21 bits per heavy atom. The molecule has 0 fully saturated rings. The molecule has 1 atom stereocenters. The molecule has 0 aromatic carbocycles. The first-order valence-corrected chi connectivity index (χ1v) is 4.74. The third-order valence-corrected chi connectivity index (χ3v) is 2.64. The van der Waals surface area contributed by atoms with Crippen molar-refractivity contribution < 1.29 is 9.59 Å². The Morgan fingerprint density at radius 2 is 2.43 bits per heavy atom. The van der Waals surface area contributed by atoms with E-state index < -0.39 is 0 Å². The standard InChI is InChI=1S/C11H11NO2/c13-7-5-9-4-3-8-2-1-6-12-10(8)11(9)14/h1-2,6-7,9H,3-5H2. The van der Waals surface area contributed by atoms with Crippen molar-refractivity contribution >= 4 is 12.1 Å². The number of hydrogen-bond donors (Lipinski definition) is 0. The van der Waals surface area contributed by atoms with Crippen LogP contribution in [0.25, 0.3) is 0 Å². The first-order chi connectivity index (χ1) is 6.83. The van der Waals surface area contributed by atoms with Crippen LogP contribution >= 0.6 is 0 Å². The Morgan fingerprint density at radius 1 is 1.57 bits per heavy atom. The van der Waals surface area contributed by atoms with Gasteiger partial charge in [-0.1, -0.05) is 6.07 Å². The second-order valence-electron chi connectivity index (χ2n) is 3.51. The number of nitrogens with zero attached hydrogens (tertiary/aromatic N) is 1. The van der Waals surface area contributed by atoms with Gasteiger partial charge in [-0.25, -0.2) is 0 Å². The van der Waals surface area contributed by atoms with Crippen LogP contribution in [0, 0.1) is 5.92 Å². The van der Waals surface area contributed by atoms with E-state index in [0.29, 0.717) is 12.1 Å². The third-order valence-electron chi connectivity index (χ3n) is 2.64. The maximum absolute atomic E-state index is 11.8. The van der Waals surface area contributed by atoms with Crippen LogP contribution in [0.4, 0.5) is 0 Å². The smallest absolute Gasteiger partial charge is 0.184 e. The van der Waals surface area contributed by atoms with Crippen LogP contribution in [-0.2, 0) is 11.2 Å². The monoisotopic (exact) mass is 189 g/mol. The van der Waals surface area contributed by atoms with Gasteiger partial charge in [0.15, 0.2) is 5.78 Å². The van der Waals surface area contributed by atoms with Crippen molar-refractivity contribution in [3.63, 3.8) is 0 Å². The highest BCUT2D eigenvalue weighted by atomic mass is 16.1. The maximum atomic E-state index is 11.8. The highest BCUT2D eigenvalue weighted by Crippen LogP contribution is 2.25. The molecule has 3 heteroatoms. The summed E-state index contributed by atoms with van der Waals surface area (Å²) in [4.78, 5) is 26.2. The van der Waals surface area contributed by atoms with Crippen molar-refractivity contribution in [1.29, 1.82) is 0 Å². The fraction of sp³-hybridized carbons (Fsp3) is 0.364. The van der Waals surface area contributed by atoms with Crippen LogP contribution in [0.5, 0.6) is 0 Å². The fourth-order valence-electron chi connectivity index (χ4n) is 1.86. The van der Waals surface area contributed by atoms with Crippen molar-refractivity contribution in [2.24, 2.45) is 5.92 Å². The average molecular weight is 189 g/mol. The zero-order valence-corrected chi connectivity index (χ0v) is 7.77. The molecule has 1 aromatic rings. The van der Waals surface area contributed by atoms with Gasteiger partial charge >= 0.3 is 0 Å². The Hall–Kier alpha value is -1.51. The Labute approximate surface area is 82.2 Å². The first kappa shape index (κ1) is 9.06. The van der Waals surface area contributed by atoms with Gasteiger partial charge in [0.25, 0.3) is 0 Å². The lowest BCUT2D eigenvalue weighted by Gasteiger charge is -2.20. The second kappa shape index (κ2) is 3.70. The minimum atomic E-state index is -0.144. The minimum absolute atomic E-state index is 0.0268. The van der Waals surface area contributed by atoms with Crippen molar-refractivity contribution in [2.45, 2.75) is 19.3 Å². The van der Waals surface area contributed by atoms with E-state index in [0.717, 1.165) is 24.7 Å². The fourth-order valence-corrected chi connectivity index (χ4v) is 1.86. The molecule has 1 aliphatic rings. The van der Waals surface area contributed by atoms with E-state index in [2.05, 4.69) is 4.98 Å². The van der Waals surface area contributed by atoms with E-state index in [1.165, 1.54) is 0 Å². The lowest BCUT2D eigenvalue weighted by atomic mass is 9.84. The average Bonchev–Trinajstić information content (AvgIpc) is 2.23. The highest BCUT2D eigenvalue weighted by Gasteiger charge is 2.27. The van der Waals surface area contributed by atoms with Crippen LogP contribution in [0.1, 0.15) is 28.9 Å². The van der Waals surface area contributed by atoms with Crippen molar-refractivity contribution in [3.05, 3.63) is 29.6 Å².